The number of rotatable bonds is 7. The fourth-order valence-corrected chi connectivity index (χ4v) is 4.64. The zero-order valence-corrected chi connectivity index (χ0v) is 17.0. The number of methoxy groups -OCH3 is 1. The summed E-state index contributed by atoms with van der Waals surface area (Å²) in [7, 11) is -2.27. The number of para-hydroxylation sites is 1. The molecule has 0 aromatic heterocycles. The Labute approximate surface area is 169 Å². The Bertz CT molecular complexity index is 989. The van der Waals surface area contributed by atoms with E-state index in [1.54, 1.807) is 13.2 Å². The Morgan fingerprint density at radius 2 is 1.90 bits per heavy atom. The number of nitro groups is 1. The van der Waals surface area contributed by atoms with E-state index in [2.05, 4.69) is 5.32 Å². The molecule has 2 aromatic carbocycles. The number of hydrogen-bond acceptors (Lipinski definition) is 7. The van der Waals surface area contributed by atoms with Gasteiger partial charge in [0.05, 0.1) is 36.2 Å². The van der Waals surface area contributed by atoms with Crippen molar-refractivity contribution >= 4 is 21.4 Å². The minimum absolute atomic E-state index is 0.110. The van der Waals surface area contributed by atoms with E-state index < -0.39 is 14.9 Å². The second-order valence-corrected chi connectivity index (χ2v) is 8.50. The van der Waals surface area contributed by atoms with Crippen LogP contribution in [-0.2, 0) is 14.8 Å². The molecule has 1 saturated heterocycles. The minimum Gasteiger partial charge on any atom is -0.496 e. The molecule has 0 amide bonds. The molecule has 3 rings (SSSR count). The summed E-state index contributed by atoms with van der Waals surface area (Å²) in [6.07, 6.45) is 0. The summed E-state index contributed by atoms with van der Waals surface area (Å²) in [5.41, 5.74) is 0.754. The van der Waals surface area contributed by atoms with Crippen LogP contribution in [0.1, 0.15) is 18.5 Å². The molecule has 9 nitrogen and oxygen atoms in total. The lowest BCUT2D eigenvalue weighted by Crippen LogP contribution is -2.40. The van der Waals surface area contributed by atoms with Crippen LogP contribution in [0.15, 0.2) is 47.4 Å². The first-order valence-electron chi connectivity index (χ1n) is 9.10. The molecular weight excluding hydrogens is 398 g/mol. The number of ether oxygens (including phenoxy) is 2. The lowest BCUT2D eigenvalue weighted by Gasteiger charge is -2.26. The normalized spacial score (nSPS) is 16.2. The van der Waals surface area contributed by atoms with Crippen molar-refractivity contribution in [3.8, 4) is 5.75 Å². The maximum absolute atomic E-state index is 12.8. The van der Waals surface area contributed by atoms with Crippen LogP contribution in [-0.4, -0.2) is 51.1 Å². The van der Waals surface area contributed by atoms with Crippen LogP contribution in [0.5, 0.6) is 5.75 Å². The molecule has 0 spiro atoms. The molecule has 1 aliphatic heterocycles. The highest BCUT2D eigenvalue weighted by Gasteiger charge is 2.29. The maximum atomic E-state index is 12.8. The SMILES string of the molecule is COc1ccccc1C(C)Nc1ccc(S(=O)(=O)N2CCOCC2)cc1[N+](=O)[O-]. The van der Waals surface area contributed by atoms with E-state index in [1.165, 1.54) is 16.4 Å². The van der Waals surface area contributed by atoms with Crippen molar-refractivity contribution in [2.45, 2.75) is 17.9 Å². The third-order valence-electron chi connectivity index (χ3n) is 4.75. The molecule has 10 heteroatoms. The maximum Gasteiger partial charge on any atom is 0.293 e. The van der Waals surface area contributed by atoms with Crippen molar-refractivity contribution in [2.75, 3.05) is 38.7 Å². The second kappa shape index (κ2) is 8.76. The molecule has 1 unspecified atom stereocenters. The minimum atomic E-state index is -3.83. The molecule has 1 N–H and O–H groups in total. The van der Waals surface area contributed by atoms with E-state index in [9.17, 15) is 18.5 Å². The van der Waals surface area contributed by atoms with Crippen molar-refractivity contribution in [3.63, 3.8) is 0 Å². The van der Waals surface area contributed by atoms with Crippen molar-refractivity contribution in [1.82, 2.24) is 4.31 Å². The van der Waals surface area contributed by atoms with Crippen LogP contribution < -0.4 is 10.1 Å². The first kappa shape index (κ1) is 21.0. The molecule has 0 radical (unpaired) electrons. The highest BCUT2D eigenvalue weighted by atomic mass is 32.2. The first-order valence-corrected chi connectivity index (χ1v) is 10.5. The van der Waals surface area contributed by atoms with Gasteiger partial charge in [-0.05, 0) is 25.1 Å². The Hall–Kier alpha value is -2.69. The highest BCUT2D eigenvalue weighted by molar-refractivity contribution is 7.89. The Morgan fingerprint density at radius 3 is 2.55 bits per heavy atom. The van der Waals surface area contributed by atoms with Crippen molar-refractivity contribution in [1.29, 1.82) is 0 Å². The van der Waals surface area contributed by atoms with Gasteiger partial charge in [0.15, 0.2) is 0 Å². The van der Waals surface area contributed by atoms with Crippen molar-refractivity contribution in [3.05, 3.63) is 58.1 Å². The summed E-state index contributed by atoms with van der Waals surface area (Å²) in [6, 6.07) is 11.0. The summed E-state index contributed by atoms with van der Waals surface area (Å²) >= 11 is 0. The van der Waals surface area contributed by atoms with Gasteiger partial charge in [-0.15, -0.1) is 0 Å². The average molecular weight is 421 g/mol. The van der Waals surface area contributed by atoms with Gasteiger partial charge in [-0.3, -0.25) is 10.1 Å². The first-order chi connectivity index (χ1) is 13.8. The molecule has 0 bridgehead atoms. The summed E-state index contributed by atoms with van der Waals surface area (Å²) in [6.45, 7) is 2.90. The molecule has 1 heterocycles. The van der Waals surface area contributed by atoms with Crippen LogP contribution in [0, 0.1) is 10.1 Å². The molecule has 0 aliphatic carbocycles. The quantitative estimate of drug-likeness (QED) is 0.540. The average Bonchev–Trinajstić information content (AvgIpc) is 2.74. The van der Waals surface area contributed by atoms with Gasteiger partial charge in [-0.1, -0.05) is 18.2 Å². The monoisotopic (exact) mass is 421 g/mol. The smallest absolute Gasteiger partial charge is 0.293 e. The van der Waals surface area contributed by atoms with Crippen LogP contribution in [0.2, 0.25) is 0 Å². The molecule has 1 atom stereocenters. The number of nitrogens with one attached hydrogen (secondary N) is 1. The lowest BCUT2D eigenvalue weighted by atomic mass is 10.1. The molecular formula is C19H23N3O6S. The number of nitrogens with zero attached hydrogens (tertiary/aromatic N) is 2. The summed E-state index contributed by atoms with van der Waals surface area (Å²) in [5, 5.41) is 14.7. The zero-order valence-electron chi connectivity index (χ0n) is 16.2. The van der Waals surface area contributed by atoms with Crippen LogP contribution in [0.25, 0.3) is 0 Å². The largest absolute Gasteiger partial charge is 0.496 e. The standard InChI is InChI=1S/C19H23N3O6S/c1-14(16-5-3-4-6-19(16)27-2)20-17-8-7-15(13-18(17)22(23)24)29(25,26)21-9-11-28-12-10-21/h3-8,13-14,20H,9-12H2,1-2H3. The lowest BCUT2D eigenvalue weighted by molar-refractivity contribution is -0.384. The Kier molecular flexibility index (Phi) is 6.36. The topological polar surface area (TPSA) is 111 Å². The van der Waals surface area contributed by atoms with Crippen molar-refractivity contribution < 1.29 is 22.8 Å². The summed E-state index contributed by atoms with van der Waals surface area (Å²) in [4.78, 5) is 10.9. The van der Waals surface area contributed by atoms with Gasteiger partial charge in [0.1, 0.15) is 11.4 Å². The van der Waals surface area contributed by atoms with E-state index >= 15 is 0 Å². The Balaban J connectivity index is 1.91. The number of hydrogen-bond donors (Lipinski definition) is 1. The zero-order chi connectivity index (χ0) is 21.0. The van der Waals surface area contributed by atoms with E-state index in [4.69, 9.17) is 9.47 Å². The summed E-state index contributed by atoms with van der Waals surface area (Å²) < 4.78 is 37.4. The molecule has 2 aromatic rings. The number of sulfonamides is 1. The number of anilines is 1. The highest BCUT2D eigenvalue weighted by Crippen LogP contribution is 2.33. The van der Waals surface area contributed by atoms with Gasteiger partial charge in [-0.2, -0.15) is 4.31 Å². The number of morpholine rings is 1. The second-order valence-electron chi connectivity index (χ2n) is 6.56. The van der Waals surface area contributed by atoms with Gasteiger partial charge in [-0.25, -0.2) is 8.42 Å². The van der Waals surface area contributed by atoms with Gasteiger partial charge >= 0.3 is 0 Å². The van der Waals surface area contributed by atoms with E-state index in [0.717, 1.165) is 11.6 Å². The van der Waals surface area contributed by atoms with Crippen molar-refractivity contribution in [2.24, 2.45) is 0 Å². The number of benzene rings is 2. The number of nitro benzene ring substituents is 1. The predicted octanol–water partition coefficient (Wildman–Crippen LogP) is 2.80. The third kappa shape index (κ3) is 4.50. The van der Waals surface area contributed by atoms with Crippen LogP contribution in [0.3, 0.4) is 0 Å². The van der Waals surface area contributed by atoms with E-state index in [1.807, 2.05) is 25.1 Å². The fourth-order valence-electron chi connectivity index (χ4n) is 3.22. The van der Waals surface area contributed by atoms with E-state index in [-0.39, 0.29) is 35.4 Å². The fraction of sp³-hybridized carbons (Fsp3) is 0.368. The van der Waals surface area contributed by atoms with Gasteiger partial charge < -0.3 is 14.8 Å². The Morgan fingerprint density at radius 1 is 1.21 bits per heavy atom. The molecule has 29 heavy (non-hydrogen) atoms. The molecule has 156 valence electrons. The van der Waals surface area contributed by atoms with Crippen LogP contribution in [0.4, 0.5) is 11.4 Å². The molecule has 1 aliphatic rings. The summed E-state index contributed by atoms with van der Waals surface area (Å²) in [5.74, 6) is 0.654. The van der Waals surface area contributed by atoms with E-state index in [0.29, 0.717) is 19.0 Å². The molecule has 1 fully saturated rings. The third-order valence-corrected chi connectivity index (χ3v) is 6.65. The predicted molar refractivity (Wildman–Crippen MR) is 108 cm³/mol. The van der Waals surface area contributed by atoms with Gasteiger partial charge in [0.2, 0.25) is 10.0 Å². The van der Waals surface area contributed by atoms with Gasteiger partial charge in [0, 0.05) is 24.7 Å². The van der Waals surface area contributed by atoms with Gasteiger partial charge in [0.25, 0.3) is 5.69 Å². The molecule has 0 saturated carbocycles. The van der Waals surface area contributed by atoms with Crippen LogP contribution >= 0.6 is 0 Å².